The first-order valence-corrected chi connectivity index (χ1v) is 15.3. The number of ether oxygens (including phenoxy) is 2. The molecule has 216 valence electrons. The van der Waals surface area contributed by atoms with E-state index < -0.39 is 17.7 Å². The lowest BCUT2D eigenvalue weighted by Crippen LogP contribution is -2.29. The lowest BCUT2D eigenvalue weighted by molar-refractivity contribution is -0.132. The maximum atomic E-state index is 13.6. The molecule has 1 saturated heterocycles. The van der Waals surface area contributed by atoms with Crippen molar-refractivity contribution in [3.05, 3.63) is 112 Å². The molecule has 43 heavy (non-hydrogen) atoms. The summed E-state index contributed by atoms with van der Waals surface area (Å²) in [4.78, 5) is 28.4. The smallest absolute Gasteiger partial charge is 0.301 e. The third kappa shape index (κ3) is 5.45. The monoisotopic (exact) mass is 629 g/mol. The molecular formula is C32H24ClN3O5S2. The number of amides is 1. The number of halogens is 1. The fourth-order valence-electron chi connectivity index (χ4n) is 5.05. The molecule has 1 unspecified atom stereocenters. The molecule has 4 aromatic carbocycles. The van der Waals surface area contributed by atoms with E-state index in [1.807, 2.05) is 18.2 Å². The van der Waals surface area contributed by atoms with Crippen molar-refractivity contribution in [2.75, 3.05) is 19.1 Å². The van der Waals surface area contributed by atoms with Gasteiger partial charge in [-0.05, 0) is 52.2 Å². The Bertz CT molecular complexity index is 1880. The first kappa shape index (κ1) is 28.7. The van der Waals surface area contributed by atoms with E-state index in [4.69, 9.17) is 21.1 Å². The molecule has 5 aromatic rings. The molecule has 0 spiro atoms. The van der Waals surface area contributed by atoms with Crippen LogP contribution in [0, 0.1) is 0 Å². The number of rotatable bonds is 8. The number of anilines is 1. The Morgan fingerprint density at radius 1 is 0.953 bits per heavy atom. The topological polar surface area (TPSA) is 102 Å². The number of thioether (sulfide) groups is 1. The number of ketones is 1. The number of Topliss-reactive ketones (excluding diaryl/α,β-unsaturated/α-hetero) is 1. The van der Waals surface area contributed by atoms with Gasteiger partial charge in [-0.15, -0.1) is 10.2 Å². The summed E-state index contributed by atoms with van der Waals surface area (Å²) in [7, 11) is 2.97. The van der Waals surface area contributed by atoms with Crippen molar-refractivity contribution < 1.29 is 24.2 Å². The summed E-state index contributed by atoms with van der Waals surface area (Å²) in [5, 5.41) is 23.1. The number of carbonyl (C=O) groups is 2. The molecule has 1 aliphatic rings. The van der Waals surface area contributed by atoms with Gasteiger partial charge in [-0.1, -0.05) is 89.3 Å². The second-order valence-electron chi connectivity index (χ2n) is 9.57. The van der Waals surface area contributed by atoms with E-state index >= 15 is 0 Å². The van der Waals surface area contributed by atoms with Crippen LogP contribution in [0.4, 0.5) is 5.13 Å². The molecule has 0 aliphatic carbocycles. The predicted molar refractivity (Wildman–Crippen MR) is 169 cm³/mol. The number of methoxy groups -OCH3 is 2. The number of aliphatic hydroxyl groups excluding tert-OH is 1. The average Bonchev–Trinajstić information content (AvgIpc) is 3.61. The lowest BCUT2D eigenvalue weighted by atomic mass is 9.95. The van der Waals surface area contributed by atoms with E-state index in [1.54, 1.807) is 42.5 Å². The van der Waals surface area contributed by atoms with Crippen LogP contribution >= 0.6 is 34.7 Å². The quantitative estimate of drug-likeness (QED) is 0.0628. The molecule has 0 bridgehead atoms. The number of hydrogen-bond acceptors (Lipinski definition) is 9. The van der Waals surface area contributed by atoms with Gasteiger partial charge in [-0.25, -0.2) is 0 Å². The zero-order chi connectivity index (χ0) is 30.1. The minimum atomic E-state index is -0.964. The van der Waals surface area contributed by atoms with E-state index in [1.165, 1.54) is 42.2 Å². The summed E-state index contributed by atoms with van der Waals surface area (Å²) < 4.78 is 11.3. The summed E-state index contributed by atoms with van der Waals surface area (Å²) in [5.74, 6) is -0.542. The molecule has 1 aromatic heterocycles. The highest BCUT2D eigenvalue weighted by Gasteiger charge is 2.48. The first-order valence-electron chi connectivity index (χ1n) is 13.1. The maximum Gasteiger partial charge on any atom is 0.301 e. The predicted octanol–water partition coefficient (Wildman–Crippen LogP) is 7.28. The molecule has 1 fully saturated rings. The van der Waals surface area contributed by atoms with Crippen molar-refractivity contribution in [3.8, 4) is 11.5 Å². The van der Waals surface area contributed by atoms with Crippen LogP contribution in [0.2, 0.25) is 5.02 Å². The second-order valence-corrected chi connectivity index (χ2v) is 12.2. The third-order valence-electron chi connectivity index (χ3n) is 7.12. The maximum absolute atomic E-state index is 13.6. The van der Waals surface area contributed by atoms with Gasteiger partial charge in [0.2, 0.25) is 5.13 Å². The fourth-order valence-corrected chi connectivity index (χ4v) is 7.04. The Balaban J connectivity index is 1.38. The Kier molecular flexibility index (Phi) is 8.07. The molecule has 6 rings (SSSR count). The summed E-state index contributed by atoms with van der Waals surface area (Å²) >= 11 is 8.86. The van der Waals surface area contributed by atoms with Crippen molar-refractivity contribution in [1.29, 1.82) is 0 Å². The van der Waals surface area contributed by atoms with Gasteiger partial charge in [-0.3, -0.25) is 14.5 Å². The summed E-state index contributed by atoms with van der Waals surface area (Å²) in [6.07, 6.45) is 0. The second kappa shape index (κ2) is 12.1. The molecular weight excluding hydrogens is 606 g/mol. The van der Waals surface area contributed by atoms with Crippen LogP contribution in [-0.4, -0.2) is 41.2 Å². The van der Waals surface area contributed by atoms with E-state index in [-0.39, 0.29) is 16.5 Å². The summed E-state index contributed by atoms with van der Waals surface area (Å²) in [6.45, 7) is 0. The van der Waals surface area contributed by atoms with E-state index in [0.29, 0.717) is 37.7 Å². The molecule has 0 radical (unpaired) electrons. The van der Waals surface area contributed by atoms with Gasteiger partial charge in [0, 0.05) is 16.3 Å². The van der Waals surface area contributed by atoms with E-state index in [2.05, 4.69) is 34.5 Å². The molecule has 1 atom stereocenters. The van der Waals surface area contributed by atoms with Crippen molar-refractivity contribution in [3.63, 3.8) is 0 Å². The number of nitrogens with zero attached hydrogens (tertiary/aromatic N) is 3. The molecule has 0 saturated carbocycles. The summed E-state index contributed by atoms with van der Waals surface area (Å²) in [5.41, 5.74) is 1.93. The van der Waals surface area contributed by atoms with Crippen LogP contribution in [0.5, 0.6) is 11.5 Å². The molecule has 1 aliphatic heterocycles. The Morgan fingerprint density at radius 2 is 1.70 bits per heavy atom. The minimum absolute atomic E-state index is 0.0836. The van der Waals surface area contributed by atoms with Crippen LogP contribution in [0.15, 0.2) is 94.8 Å². The number of aromatic nitrogens is 2. The van der Waals surface area contributed by atoms with Crippen LogP contribution in [0.3, 0.4) is 0 Å². The highest BCUT2D eigenvalue weighted by molar-refractivity contribution is 8.00. The normalized spacial score (nSPS) is 16.2. The number of fused-ring (bicyclic) bond motifs is 1. The van der Waals surface area contributed by atoms with Gasteiger partial charge in [0.25, 0.3) is 5.78 Å². The Hall–Kier alpha value is -4.38. The third-order valence-corrected chi connectivity index (χ3v) is 9.48. The lowest BCUT2D eigenvalue weighted by Gasteiger charge is -2.22. The fraction of sp³-hybridized carbons (Fsp3) is 0.125. The minimum Gasteiger partial charge on any atom is -0.507 e. The van der Waals surface area contributed by atoms with Gasteiger partial charge in [0.1, 0.15) is 5.76 Å². The SMILES string of the molecule is COc1ccc(C(O)=C2C(=O)C(=O)N(c3nnc(SCc4cccc5ccccc45)s3)C2c2ccc(Cl)cc2)cc1OC. The molecule has 8 nitrogen and oxygen atoms in total. The molecule has 11 heteroatoms. The number of hydrogen-bond donors (Lipinski definition) is 1. The Morgan fingerprint density at radius 3 is 2.47 bits per heavy atom. The van der Waals surface area contributed by atoms with Crippen molar-refractivity contribution >= 4 is 68.1 Å². The van der Waals surface area contributed by atoms with Crippen LogP contribution < -0.4 is 14.4 Å². The first-order chi connectivity index (χ1) is 20.9. The van der Waals surface area contributed by atoms with Crippen LogP contribution in [0.1, 0.15) is 22.7 Å². The van der Waals surface area contributed by atoms with Crippen LogP contribution in [-0.2, 0) is 15.3 Å². The van der Waals surface area contributed by atoms with Gasteiger partial charge in [-0.2, -0.15) is 0 Å². The van der Waals surface area contributed by atoms with Gasteiger partial charge in [0.15, 0.2) is 15.8 Å². The van der Waals surface area contributed by atoms with Crippen molar-refractivity contribution in [2.24, 2.45) is 0 Å². The summed E-state index contributed by atoms with van der Waals surface area (Å²) in [6, 6.07) is 24.9. The highest BCUT2D eigenvalue weighted by Crippen LogP contribution is 2.45. The van der Waals surface area contributed by atoms with Gasteiger partial charge in [0.05, 0.1) is 25.8 Å². The van der Waals surface area contributed by atoms with Crippen molar-refractivity contribution in [1.82, 2.24) is 10.2 Å². The largest absolute Gasteiger partial charge is 0.507 e. The number of benzene rings is 4. The standard InChI is InChI=1S/C32H24ClN3O5S2/c1-40-24-15-12-20(16-25(24)41-2)28(37)26-27(19-10-13-22(33)14-11-19)36(30(39)29(26)38)31-34-35-32(43-31)42-17-21-8-5-7-18-6-3-4-9-23(18)21/h3-16,27,37H,17H2,1-2H3. The molecule has 2 heterocycles. The number of carbonyl (C=O) groups excluding carboxylic acids is 2. The zero-order valence-electron chi connectivity index (χ0n) is 23.0. The molecule has 1 amide bonds. The number of aliphatic hydroxyl groups is 1. The zero-order valence-corrected chi connectivity index (χ0v) is 25.4. The van der Waals surface area contributed by atoms with E-state index in [9.17, 15) is 14.7 Å². The van der Waals surface area contributed by atoms with Gasteiger partial charge < -0.3 is 14.6 Å². The van der Waals surface area contributed by atoms with Crippen LogP contribution in [0.25, 0.3) is 16.5 Å². The average molecular weight is 630 g/mol. The Labute approximate surface area is 260 Å². The van der Waals surface area contributed by atoms with Crippen molar-refractivity contribution in [2.45, 2.75) is 16.1 Å². The van der Waals surface area contributed by atoms with E-state index in [0.717, 1.165) is 16.3 Å². The van der Waals surface area contributed by atoms with Gasteiger partial charge >= 0.3 is 5.91 Å². The molecule has 1 N–H and O–H groups in total. The highest BCUT2D eigenvalue weighted by atomic mass is 35.5.